The number of piperazine rings is 1. The SMILES string of the molecule is Cc1ccc(Cl)cc1N1CCN(S(=O)(=O)c2cc(C(C)C)ccc2C)CC1. The first-order valence-corrected chi connectivity index (χ1v) is 11.1. The zero-order valence-corrected chi connectivity index (χ0v) is 17.9. The van der Waals surface area contributed by atoms with Gasteiger partial charge in [-0.1, -0.05) is 43.6 Å². The third-order valence-corrected chi connectivity index (χ3v) is 7.52. The van der Waals surface area contributed by atoms with Crippen LogP contribution < -0.4 is 4.90 Å². The van der Waals surface area contributed by atoms with Gasteiger partial charge in [0.1, 0.15) is 0 Å². The minimum Gasteiger partial charge on any atom is -0.369 e. The Bertz CT molecular complexity index is 933. The van der Waals surface area contributed by atoms with E-state index in [4.69, 9.17) is 11.6 Å². The molecule has 4 nitrogen and oxygen atoms in total. The van der Waals surface area contributed by atoms with Crippen molar-refractivity contribution < 1.29 is 8.42 Å². The molecular formula is C21H27ClN2O2S. The van der Waals surface area contributed by atoms with Crippen molar-refractivity contribution in [3.05, 3.63) is 58.1 Å². The molecule has 1 saturated heterocycles. The van der Waals surface area contributed by atoms with Gasteiger partial charge in [0.05, 0.1) is 4.90 Å². The molecule has 1 fully saturated rings. The summed E-state index contributed by atoms with van der Waals surface area (Å²) < 4.78 is 28.1. The predicted octanol–water partition coefficient (Wildman–Crippen LogP) is 4.59. The van der Waals surface area contributed by atoms with E-state index >= 15 is 0 Å². The van der Waals surface area contributed by atoms with Gasteiger partial charge in [-0.15, -0.1) is 0 Å². The fourth-order valence-electron chi connectivity index (χ4n) is 3.49. The molecule has 2 aromatic rings. The molecule has 0 aliphatic carbocycles. The zero-order chi connectivity index (χ0) is 19.8. The van der Waals surface area contributed by atoms with Crippen LogP contribution in [0.1, 0.15) is 36.5 Å². The second kappa shape index (κ2) is 7.82. The fourth-order valence-corrected chi connectivity index (χ4v) is 5.33. The molecule has 3 rings (SSSR count). The number of benzene rings is 2. The van der Waals surface area contributed by atoms with E-state index in [1.165, 1.54) is 0 Å². The van der Waals surface area contributed by atoms with Crippen LogP contribution in [-0.2, 0) is 10.0 Å². The van der Waals surface area contributed by atoms with Crippen LogP contribution in [0.4, 0.5) is 5.69 Å². The van der Waals surface area contributed by atoms with E-state index in [2.05, 4.69) is 25.7 Å². The fraction of sp³-hybridized carbons (Fsp3) is 0.429. The molecule has 0 unspecified atom stereocenters. The maximum absolute atomic E-state index is 13.2. The number of aryl methyl sites for hydroxylation is 2. The largest absolute Gasteiger partial charge is 0.369 e. The van der Waals surface area contributed by atoms with E-state index in [9.17, 15) is 8.42 Å². The van der Waals surface area contributed by atoms with Gasteiger partial charge in [0.15, 0.2) is 0 Å². The Hall–Kier alpha value is -1.56. The van der Waals surface area contributed by atoms with Gasteiger partial charge in [0.25, 0.3) is 0 Å². The third kappa shape index (κ3) is 4.15. The minimum absolute atomic E-state index is 0.294. The van der Waals surface area contributed by atoms with E-state index in [1.807, 2.05) is 43.3 Å². The molecule has 6 heteroatoms. The summed E-state index contributed by atoms with van der Waals surface area (Å²) in [6, 6.07) is 11.6. The number of anilines is 1. The van der Waals surface area contributed by atoms with E-state index in [-0.39, 0.29) is 0 Å². The monoisotopic (exact) mass is 406 g/mol. The highest BCUT2D eigenvalue weighted by molar-refractivity contribution is 7.89. The molecule has 0 bridgehead atoms. The normalized spacial score (nSPS) is 16.1. The predicted molar refractivity (Wildman–Crippen MR) is 112 cm³/mol. The summed E-state index contributed by atoms with van der Waals surface area (Å²) in [5.41, 5.74) is 4.08. The molecule has 0 N–H and O–H groups in total. The molecule has 0 spiro atoms. The first-order valence-electron chi connectivity index (χ1n) is 9.32. The van der Waals surface area contributed by atoms with Crippen LogP contribution in [0.3, 0.4) is 0 Å². The Kier molecular flexibility index (Phi) is 5.84. The maximum Gasteiger partial charge on any atom is 0.243 e. The second-order valence-corrected chi connectivity index (χ2v) is 9.84. The van der Waals surface area contributed by atoms with Crippen molar-refractivity contribution in [2.75, 3.05) is 31.1 Å². The average molecular weight is 407 g/mol. The van der Waals surface area contributed by atoms with Crippen molar-refractivity contribution in [3.8, 4) is 0 Å². The van der Waals surface area contributed by atoms with Gasteiger partial charge in [-0.05, 0) is 54.7 Å². The van der Waals surface area contributed by atoms with Crippen molar-refractivity contribution in [2.24, 2.45) is 0 Å². The number of hydrogen-bond donors (Lipinski definition) is 0. The third-order valence-electron chi connectivity index (χ3n) is 5.25. The first-order chi connectivity index (χ1) is 12.7. The van der Waals surface area contributed by atoms with Gasteiger partial charge >= 0.3 is 0 Å². The summed E-state index contributed by atoms with van der Waals surface area (Å²) in [4.78, 5) is 2.64. The molecule has 1 heterocycles. The van der Waals surface area contributed by atoms with Crippen molar-refractivity contribution >= 4 is 27.3 Å². The highest BCUT2D eigenvalue weighted by atomic mass is 35.5. The van der Waals surface area contributed by atoms with Crippen LogP contribution in [0, 0.1) is 13.8 Å². The van der Waals surface area contributed by atoms with Crippen molar-refractivity contribution in [1.29, 1.82) is 0 Å². The van der Waals surface area contributed by atoms with E-state index in [1.54, 1.807) is 4.31 Å². The van der Waals surface area contributed by atoms with Gasteiger partial charge in [-0.25, -0.2) is 8.42 Å². The van der Waals surface area contributed by atoms with Crippen LogP contribution in [-0.4, -0.2) is 38.9 Å². The van der Waals surface area contributed by atoms with Crippen molar-refractivity contribution in [1.82, 2.24) is 4.31 Å². The second-order valence-electron chi connectivity index (χ2n) is 7.50. The summed E-state index contributed by atoms with van der Waals surface area (Å²) in [6.45, 7) is 10.3. The molecule has 0 amide bonds. The molecule has 1 aliphatic heterocycles. The van der Waals surface area contributed by atoms with Crippen molar-refractivity contribution in [3.63, 3.8) is 0 Å². The summed E-state index contributed by atoms with van der Waals surface area (Å²) >= 11 is 6.14. The van der Waals surface area contributed by atoms with Gasteiger partial charge in [0, 0.05) is 36.9 Å². The van der Waals surface area contributed by atoms with E-state index < -0.39 is 10.0 Å². The van der Waals surface area contributed by atoms with Crippen LogP contribution in [0.5, 0.6) is 0 Å². The molecule has 0 aromatic heterocycles. The summed E-state index contributed by atoms with van der Waals surface area (Å²) in [7, 11) is -3.49. The summed E-state index contributed by atoms with van der Waals surface area (Å²) in [6.07, 6.45) is 0. The Morgan fingerprint density at radius 1 is 0.926 bits per heavy atom. The van der Waals surface area contributed by atoms with Gasteiger partial charge in [-0.2, -0.15) is 4.31 Å². The Morgan fingerprint density at radius 2 is 1.56 bits per heavy atom. The molecule has 2 aromatic carbocycles. The van der Waals surface area contributed by atoms with Crippen LogP contribution in [0.15, 0.2) is 41.3 Å². The molecule has 0 atom stereocenters. The first kappa shape index (κ1) is 20.2. The van der Waals surface area contributed by atoms with Crippen molar-refractivity contribution in [2.45, 2.75) is 38.5 Å². The smallest absolute Gasteiger partial charge is 0.243 e. The lowest BCUT2D eigenvalue weighted by atomic mass is 10.0. The highest BCUT2D eigenvalue weighted by Gasteiger charge is 2.30. The molecular weight excluding hydrogens is 380 g/mol. The maximum atomic E-state index is 13.2. The molecule has 27 heavy (non-hydrogen) atoms. The minimum atomic E-state index is -3.49. The lowest BCUT2D eigenvalue weighted by Crippen LogP contribution is -2.49. The highest BCUT2D eigenvalue weighted by Crippen LogP contribution is 2.28. The van der Waals surface area contributed by atoms with Gasteiger partial charge < -0.3 is 4.90 Å². The van der Waals surface area contributed by atoms with Crippen LogP contribution >= 0.6 is 11.6 Å². The molecule has 1 aliphatic rings. The zero-order valence-electron chi connectivity index (χ0n) is 16.4. The van der Waals surface area contributed by atoms with Crippen LogP contribution in [0.2, 0.25) is 5.02 Å². The number of hydrogen-bond acceptors (Lipinski definition) is 3. The Balaban J connectivity index is 1.81. The Morgan fingerprint density at radius 3 is 2.19 bits per heavy atom. The van der Waals surface area contributed by atoms with E-state index in [0.717, 1.165) is 22.4 Å². The number of halogens is 1. The summed E-state index contributed by atoms with van der Waals surface area (Å²) in [5, 5.41) is 0.701. The number of sulfonamides is 1. The standard InChI is InChI=1S/C21H27ClN2O2S/c1-15(2)18-7-5-17(4)21(13-18)27(25,26)24-11-9-23(10-12-24)20-14-19(22)8-6-16(20)3/h5-8,13-15H,9-12H2,1-4H3. The average Bonchev–Trinajstić information content (AvgIpc) is 2.64. The molecule has 146 valence electrons. The molecule has 0 radical (unpaired) electrons. The number of nitrogens with zero attached hydrogens (tertiary/aromatic N) is 2. The van der Waals surface area contributed by atoms with Gasteiger partial charge in [-0.3, -0.25) is 0 Å². The van der Waals surface area contributed by atoms with Gasteiger partial charge in [0.2, 0.25) is 10.0 Å². The summed E-state index contributed by atoms with van der Waals surface area (Å²) in [5.74, 6) is 0.294. The van der Waals surface area contributed by atoms with Crippen LogP contribution in [0.25, 0.3) is 0 Å². The van der Waals surface area contributed by atoms with E-state index in [0.29, 0.717) is 42.0 Å². The quantitative estimate of drug-likeness (QED) is 0.745. The number of rotatable bonds is 4. The lowest BCUT2D eigenvalue weighted by molar-refractivity contribution is 0.384. The Labute approximate surface area is 167 Å². The lowest BCUT2D eigenvalue weighted by Gasteiger charge is -2.36. The molecule has 0 saturated carbocycles. The topological polar surface area (TPSA) is 40.6 Å².